The van der Waals surface area contributed by atoms with Crippen molar-refractivity contribution in [3.63, 3.8) is 0 Å². The summed E-state index contributed by atoms with van der Waals surface area (Å²) in [5.74, 6) is -0.446. The lowest BCUT2D eigenvalue weighted by atomic mass is 10.0. The second kappa shape index (κ2) is 5.51. The topological polar surface area (TPSA) is 46.2 Å². The molecule has 0 fully saturated rings. The predicted octanol–water partition coefficient (Wildman–Crippen LogP) is 2.28. The molecule has 0 saturated heterocycles. The van der Waals surface area contributed by atoms with Gasteiger partial charge in [0, 0.05) is 5.02 Å². The standard InChI is InChI=1S/C9H11ClFNO.ClH/c1-5(13)9(12)6-2-7(10)4-8(11)3-6;/h2-5,9,13H,12H2,1H3;1H/t5-,9-;/m1./s1. The zero-order valence-corrected chi connectivity index (χ0v) is 9.15. The van der Waals surface area contributed by atoms with Gasteiger partial charge in [-0.25, -0.2) is 4.39 Å². The molecule has 2 atom stereocenters. The first-order valence-corrected chi connectivity index (χ1v) is 4.28. The Labute approximate surface area is 93.3 Å². The largest absolute Gasteiger partial charge is 0.391 e. The van der Waals surface area contributed by atoms with Gasteiger partial charge in [-0.15, -0.1) is 12.4 Å². The summed E-state index contributed by atoms with van der Waals surface area (Å²) in [6.45, 7) is 1.55. The van der Waals surface area contributed by atoms with Crippen LogP contribution < -0.4 is 5.73 Å². The van der Waals surface area contributed by atoms with Crippen LogP contribution in [0.5, 0.6) is 0 Å². The lowest BCUT2D eigenvalue weighted by Crippen LogP contribution is -2.23. The van der Waals surface area contributed by atoms with Crippen LogP contribution in [0.2, 0.25) is 5.02 Å². The zero-order chi connectivity index (χ0) is 10.0. The first-order chi connectivity index (χ1) is 6.00. The van der Waals surface area contributed by atoms with E-state index in [1.165, 1.54) is 12.1 Å². The summed E-state index contributed by atoms with van der Waals surface area (Å²) in [5.41, 5.74) is 6.10. The Morgan fingerprint density at radius 2 is 2.00 bits per heavy atom. The second-order valence-corrected chi connectivity index (χ2v) is 3.41. The average molecular weight is 240 g/mol. The van der Waals surface area contributed by atoms with E-state index in [4.69, 9.17) is 22.4 Å². The molecule has 1 rings (SSSR count). The molecular formula is C9H12Cl2FNO. The minimum absolute atomic E-state index is 0. The Hall–Kier alpha value is -0.350. The fraction of sp³-hybridized carbons (Fsp3) is 0.333. The molecule has 1 aromatic rings. The van der Waals surface area contributed by atoms with Crippen molar-refractivity contribution in [2.45, 2.75) is 19.1 Å². The molecule has 2 nitrogen and oxygen atoms in total. The highest BCUT2D eigenvalue weighted by Gasteiger charge is 2.13. The number of nitrogens with two attached hydrogens (primary N) is 1. The van der Waals surface area contributed by atoms with E-state index in [1.807, 2.05) is 0 Å². The van der Waals surface area contributed by atoms with E-state index < -0.39 is 18.0 Å². The summed E-state index contributed by atoms with van der Waals surface area (Å²) < 4.78 is 12.8. The molecule has 14 heavy (non-hydrogen) atoms. The molecule has 0 radical (unpaired) electrons. The Balaban J connectivity index is 0.00000169. The van der Waals surface area contributed by atoms with Crippen molar-refractivity contribution >= 4 is 24.0 Å². The molecule has 0 aliphatic heterocycles. The van der Waals surface area contributed by atoms with Crippen LogP contribution in [0.1, 0.15) is 18.5 Å². The Morgan fingerprint density at radius 3 is 2.43 bits per heavy atom. The minimum atomic E-state index is -0.724. The SMILES string of the molecule is C[C@@H](O)[C@@H](N)c1cc(F)cc(Cl)c1.Cl. The van der Waals surface area contributed by atoms with E-state index in [0.29, 0.717) is 5.56 Å². The molecular weight excluding hydrogens is 228 g/mol. The molecule has 0 heterocycles. The molecule has 80 valence electrons. The van der Waals surface area contributed by atoms with E-state index in [1.54, 1.807) is 13.0 Å². The summed E-state index contributed by atoms with van der Waals surface area (Å²) >= 11 is 5.62. The number of benzene rings is 1. The number of aliphatic hydroxyl groups excluding tert-OH is 1. The number of halogens is 3. The lowest BCUT2D eigenvalue weighted by molar-refractivity contribution is 0.164. The van der Waals surface area contributed by atoms with Crippen LogP contribution >= 0.6 is 24.0 Å². The van der Waals surface area contributed by atoms with Crippen molar-refractivity contribution in [3.8, 4) is 0 Å². The third-order valence-electron chi connectivity index (χ3n) is 1.79. The molecule has 0 aliphatic carbocycles. The number of hydrogen-bond donors (Lipinski definition) is 2. The van der Waals surface area contributed by atoms with Crippen LogP contribution in [0, 0.1) is 5.82 Å². The first kappa shape index (κ1) is 13.7. The maximum atomic E-state index is 12.8. The number of aliphatic hydroxyl groups is 1. The van der Waals surface area contributed by atoms with Gasteiger partial charge >= 0.3 is 0 Å². The predicted molar refractivity (Wildman–Crippen MR) is 57.3 cm³/mol. The molecule has 0 saturated carbocycles. The van der Waals surface area contributed by atoms with Crippen molar-refractivity contribution in [3.05, 3.63) is 34.6 Å². The van der Waals surface area contributed by atoms with Gasteiger partial charge < -0.3 is 10.8 Å². The van der Waals surface area contributed by atoms with Crippen molar-refractivity contribution in [1.82, 2.24) is 0 Å². The van der Waals surface area contributed by atoms with Crippen LogP contribution in [-0.2, 0) is 0 Å². The molecule has 3 N–H and O–H groups in total. The molecule has 0 amide bonds. The highest BCUT2D eigenvalue weighted by molar-refractivity contribution is 6.30. The van der Waals surface area contributed by atoms with Gasteiger partial charge in [0.2, 0.25) is 0 Å². The number of rotatable bonds is 2. The Bertz CT molecular complexity index is 287. The molecule has 0 bridgehead atoms. The smallest absolute Gasteiger partial charge is 0.125 e. The van der Waals surface area contributed by atoms with Gasteiger partial charge in [-0.2, -0.15) is 0 Å². The minimum Gasteiger partial charge on any atom is -0.391 e. The van der Waals surface area contributed by atoms with E-state index in [9.17, 15) is 4.39 Å². The summed E-state index contributed by atoms with van der Waals surface area (Å²) in [6.07, 6.45) is -0.724. The van der Waals surface area contributed by atoms with E-state index in [2.05, 4.69) is 0 Å². The molecule has 0 unspecified atom stereocenters. The highest BCUT2D eigenvalue weighted by atomic mass is 35.5. The monoisotopic (exact) mass is 239 g/mol. The Morgan fingerprint density at radius 1 is 1.43 bits per heavy atom. The van der Waals surface area contributed by atoms with Gasteiger partial charge in [0.1, 0.15) is 5.82 Å². The Kier molecular flexibility index (Phi) is 5.37. The molecule has 0 aromatic heterocycles. The average Bonchev–Trinajstić information content (AvgIpc) is 2.01. The molecule has 0 aliphatic rings. The van der Waals surface area contributed by atoms with Gasteiger partial charge in [-0.1, -0.05) is 11.6 Å². The van der Waals surface area contributed by atoms with Crippen molar-refractivity contribution in [2.75, 3.05) is 0 Å². The fourth-order valence-electron chi connectivity index (χ4n) is 1.05. The summed E-state index contributed by atoms with van der Waals surface area (Å²) in [5, 5.41) is 9.45. The van der Waals surface area contributed by atoms with Gasteiger partial charge in [0.15, 0.2) is 0 Å². The van der Waals surface area contributed by atoms with E-state index in [-0.39, 0.29) is 17.4 Å². The van der Waals surface area contributed by atoms with Crippen LogP contribution in [0.25, 0.3) is 0 Å². The second-order valence-electron chi connectivity index (χ2n) is 2.97. The summed E-state index contributed by atoms with van der Waals surface area (Å²) in [7, 11) is 0. The van der Waals surface area contributed by atoms with E-state index >= 15 is 0 Å². The quantitative estimate of drug-likeness (QED) is 0.832. The van der Waals surface area contributed by atoms with Crippen LogP contribution in [-0.4, -0.2) is 11.2 Å². The third kappa shape index (κ3) is 3.42. The van der Waals surface area contributed by atoms with Crippen LogP contribution in [0.4, 0.5) is 4.39 Å². The first-order valence-electron chi connectivity index (χ1n) is 3.90. The number of hydrogen-bond acceptors (Lipinski definition) is 2. The van der Waals surface area contributed by atoms with Crippen molar-refractivity contribution in [1.29, 1.82) is 0 Å². The lowest BCUT2D eigenvalue weighted by Gasteiger charge is -2.15. The normalized spacial score (nSPS) is 14.4. The highest BCUT2D eigenvalue weighted by Crippen LogP contribution is 2.20. The molecule has 5 heteroatoms. The van der Waals surface area contributed by atoms with E-state index in [0.717, 1.165) is 0 Å². The summed E-state index contributed by atoms with van der Waals surface area (Å²) in [4.78, 5) is 0. The van der Waals surface area contributed by atoms with Gasteiger partial charge in [0.05, 0.1) is 12.1 Å². The van der Waals surface area contributed by atoms with Crippen LogP contribution in [0.15, 0.2) is 18.2 Å². The van der Waals surface area contributed by atoms with Gasteiger partial charge in [-0.3, -0.25) is 0 Å². The fourth-order valence-corrected chi connectivity index (χ4v) is 1.28. The van der Waals surface area contributed by atoms with Crippen LogP contribution in [0.3, 0.4) is 0 Å². The maximum Gasteiger partial charge on any atom is 0.125 e. The van der Waals surface area contributed by atoms with Crippen molar-refractivity contribution < 1.29 is 9.50 Å². The zero-order valence-electron chi connectivity index (χ0n) is 7.58. The molecule has 1 aromatic carbocycles. The molecule has 0 spiro atoms. The summed E-state index contributed by atoms with van der Waals surface area (Å²) in [6, 6.07) is 3.40. The van der Waals surface area contributed by atoms with Gasteiger partial charge in [-0.05, 0) is 30.7 Å². The van der Waals surface area contributed by atoms with Gasteiger partial charge in [0.25, 0.3) is 0 Å². The third-order valence-corrected chi connectivity index (χ3v) is 2.01. The maximum absolute atomic E-state index is 12.8. The van der Waals surface area contributed by atoms with Crippen molar-refractivity contribution in [2.24, 2.45) is 5.73 Å².